The second-order valence-electron chi connectivity index (χ2n) is 8.05. The Morgan fingerprint density at radius 3 is 2.44 bits per heavy atom. The van der Waals surface area contributed by atoms with E-state index in [1.807, 2.05) is 0 Å². The molecule has 34 heavy (non-hydrogen) atoms. The number of hydrogen-bond acceptors (Lipinski definition) is 6. The molecule has 1 N–H and O–H groups in total. The molecule has 10 nitrogen and oxygen atoms in total. The van der Waals surface area contributed by atoms with Gasteiger partial charge in [0.1, 0.15) is 5.56 Å². The minimum atomic E-state index is -4.04. The van der Waals surface area contributed by atoms with Crippen molar-refractivity contribution in [3.05, 3.63) is 77.0 Å². The highest BCUT2D eigenvalue weighted by Crippen LogP contribution is 2.34. The summed E-state index contributed by atoms with van der Waals surface area (Å²) in [5.74, 6) is -0.461. The van der Waals surface area contributed by atoms with E-state index in [0.717, 1.165) is 0 Å². The molecule has 0 radical (unpaired) electrons. The van der Waals surface area contributed by atoms with Crippen molar-refractivity contribution in [1.29, 1.82) is 0 Å². The molecule has 172 valence electrons. The summed E-state index contributed by atoms with van der Waals surface area (Å²) < 4.78 is 30.2. The summed E-state index contributed by atoms with van der Waals surface area (Å²) in [6.45, 7) is 0. The molecule has 0 saturated carbocycles. The third-order valence-electron chi connectivity index (χ3n) is 5.53. The van der Waals surface area contributed by atoms with E-state index in [-0.39, 0.29) is 16.1 Å². The van der Waals surface area contributed by atoms with Gasteiger partial charge in [-0.3, -0.25) is 14.3 Å². The lowest BCUT2D eigenvalue weighted by atomic mass is 10.1. The number of fused-ring (bicyclic) bond motifs is 3. The zero-order chi connectivity index (χ0) is 24.2. The molecule has 5 aromatic rings. The van der Waals surface area contributed by atoms with E-state index in [2.05, 4.69) is 15.1 Å². The van der Waals surface area contributed by atoms with Crippen LogP contribution in [0.2, 0.25) is 0 Å². The van der Waals surface area contributed by atoms with Crippen molar-refractivity contribution in [2.24, 2.45) is 7.05 Å². The Morgan fingerprint density at radius 2 is 1.79 bits per heavy atom. The van der Waals surface area contributed by atoms with Gasteiger partial charge in [-0.1, -0.05) is 18.2 Å². The van der Waals surface area contributed by atoms with Gasteiger partial charge in [0, 0.05) is 43.7 Å². The van der Waals surface area contributed by atoms with E-state index in [0.29, 0.717) is 27.5 Å². The van der Waals surface area contributed by atoms with Crippen LogP contribution in [0.4, 0.5) is 0 Å². The standard InChI is InChI=1S/C23H20N6O4S/c1-27(2)23(31)18-9-16-17-10-20(14-11-25-28(3)13-14)29(21(17)24-12-19(16)26-22(18)30)34(32,33)15-7-5-4-6-8-15/h4-13H,1-3H3,(H,26,30). The molecular weight excluding hydrogens is 456 g/mol. The number of benzene rings is 1. The van der Waals surface area contributed by atoms with Gasteiger partial charge in [-0.15, -0.1) is 0 Å². The fourth-order valence-electron chi connectivity index (χ4n) is 3.89. The molecule has 4 aromatic heterocycles. The maximum Gasteiger partial charge on any atom is 0.269 e. The van der Waals surface area contributed by atoms with Crippen LogP contribution in [0.15, 0.2) is 70.7 Å². The van der Waals surface area contributed by atoms with E-state index in [9.17, 15) is 18.0 Å². The molecule has 4 heterocycles. The molecular formula is C23H20N6O4S. The van der Waals surface area contributed by atoms with Crippen LogP contribution in [0.5, 0.6) is 0 Å². The second-order valence-corrected chi connectivity index (χ2v) is 9.84. The number of nitrogens with zero attached hydrogens (tertiary/aromatic N) is 5. The van der Waals surface area contributed by atoms with Crippen LogP contribution in [-0.4, -0.2) is 57.0 Å². The number of carbonyl (C=O) groups is 1. The van der Waals surface area contributed by atoms with E-state index >= 15 is 0 Å². The summed E-state index contributed by atoms with van der Waals surface area (Å²) in [7, 11) is 0.804. The van der Waals surface area contributed by atoms with E-state index in [1.165, 1.54) is 33.3 Å². The number of amides is 1. The van der Waals surface area contributed by atoms with Gasteiger partial charge in [0.15, 0.2) is 5.65 Å². The summed E-state index contributed by atoms with van der Waals surface area (Å²) >= 11 is 0. The highest BCUT2D eigenvalue weighted by Gasteiger charge is 2.27. The monoisotopic (exact) mass is 476 g/mol. The van der Waals surface area contributed by atoms with Crippen LogP contribution >= 0.6 is 0 Å². The normalized spacial score (nSPS) is 11.9. The quantitative estimate of drug-likeness (QED) is 0.424. The molecule has 0 aliphatic carbocycles. The molecule has 5 rings (SSSR count). The van der Waals surface area contributed by atoms with Crippen LogP contribution in [0.3, 0.4) is 0 Å². The van der Waals surface area contributed by atoms with Crippen molar-refractivity contribution >= 4 is 37.9 Å². The molecule has 0 fully saturated rings. The van der Waals surface area contributed by atoms with Gasteiger partial charge >= 0.3 is 0 Å². The summed E-state index contributed by atoms with van der Waals surface area (Å²) in [5, 5.41) is 5.15. The minimum absolute atomic E-state index is 0.0494. The molecule has 11 heteroatoms. The smallest absolute Gasteiger partial charge is 0.269 e. The van der Waals surface area contributed by atoms with Crippen LogP contribution < -0.4 is 5.56 Å². The Labute approximate surface area is 194 Å². The van der Waals surface area contributed by atoms with Gasteiger partial charge in [0.05, 0.1) is 28.5 Å². The zero-order valence-corrected chi connectivity index (χ0v) is 19.4. The average Bonchev–Trinajstić information content (AvgIpc) is 3.42. The third-order valence-corrected chi connectivity index (χ3v) is 7.25. The van der Waals surface area contributed by atoms with Crippen LogP contribution in [-0.2, 0) is 17.1 Å². The molecule has 0 saturated heterocycles. The lowest BCUT2D eigenvalue weighted by Gasteiger charge is -2.11. The third kappa shape index (κ3) is 3.28. The molecule has 0 bridgehead atoms. The van der Waals surface area contributed by atoms with Crippen molar-refractivity contribution in [1.82, 2.24) is 28.6 Å². The van der Waals surface area contributed by atoms with Crippen molar-refractivity contribution in [2.75, 3.05) is 14.1 Å². The predicted octanol–water partition coefficient (Wildman–Crippen LogP) is 2.22. The topological polar surface area (TPSA) is 123 Å². The molecule has 0 spiro atoms. The SMILES string of the molecule is CN(C)C(=O)c1cc2c(cnc3c2cc(-c2cnn(C)c2)n3S(=O)(=O)c2ccccc2)[nH]c1=O. The average molecular weight is 477 g/mol. The van der Waals surface area contributed by atoms with Gasteiger partial charge in [0.25, 0.3) is 21.5 Å². The Bertz CT molecular complexity index is 1750. The zero-order valence-electron chi connectivity index (χ0n) is 18.6. The number of nitrogens with one attached hydrogen (secondary N) is 1. The van der Waals surface area contributed by atoms with Crippen LogP contribution in [0, 0.1) is 0 Å². The first kappa shape index (κ1) is 21.6. The fourth-order valence-corrected chi connectivity index (χ4v) is 5.40. The van der Waals surface area contributed by atoms with Crippen LogP contribution in [0.1, 0.15) is 10.4 Å². The number of aromatic nitrogens is 5. The summed E-state index contributed by atoms with van der Waals surface area (Å²) in [6, 6.07) is 11.2. The summed E-state index contributed by atoms with van der Waals surface area (Å²) in [5.41, 5.74) is 0.897. The first-order valence-electron chi connectivity index (χ1n) is 10.3. The number of carbonyl (C=O) groups excluding carboxylic acids is 1. The first-order valence-corrected chi connectivity index (χ1v) is 11.7. The summed E-state index contributed by atoms with van der Waals surface area (Å²) in [4.78, 5) is 33.6. The number of rotatable bonds is 4. The number of aryl methyl sites for hydroxylation is 1. The molecule has 0 aliphatic heterocycles. The molecule has 1 amide bonds. The van der Waals surface area contributed by atoms with Crippen LogP contribution in [0.25, 0.3) is 33.2 Å². The Balaban J connectivity index is 1.90. The molecule has 1 aromatic carbocycles. The Morgan fingerprint density at radius 1 is 1.06 bits per heavy atom. The number of hydrogen-bond donors (Lipinski definition) is 1. The van der Waals surface area contributed by atoms with Gasteiger partial charge in [-0.05, 0) is 24.3 Å². The highest BCUT2D eigenvalue weighted by molar-refractivity contribution is 7.90. The second kappa shape index (κ2) is 7.66. The van der Waals surface area contributed by atoms with Gasteiger partial charge in [0.2, 0.25) is 0 Å². The highest BCUT2D eigenvalue weighted by atomic mass is 32.2. The fraction of sp³-hybridized carbons (Fsp3) is 0.130. The van der Waals surface area contributed by atoms with E-state index < -0.39 is 21.5 Å². The lowest BCUT2D eigenvalue weighted by Crippen LogP contribution is -2.28. The largest absolute Gasteiger partial charge is 0.345 e. The van der Waals surface area contributed by atoms with Crippen molar-refractivity contribution in [3.8, 4) is 11.3 Å². The number of aromatic amines is 1. The first-order chi connectivity index (χ1) is 16.2. The van der Waals surface area contributed by atoms with Gasteiger partial charge in [-0.25, -0.2) is 17.4 Å². The Hall–Kier alpha value is -4.25. The molecule has 0 atom stereocenters. The summed E-state index contributed by atoms with van der Waals surface area (Å²) in [6.07, 6.45) is 4.67. The Kier molecular flexibility index (Phi) is 4.87. The molecule has 0 unspecified atom stereocenters. The number of H-pyrrole nitrogens is 1. The van der Waals surface area contributed by atoms with Crippen molar-refractivity contribution in [3.63, 3.8) is 0 Å². The van der Waals surface area contributed by atoms with Crippen molar-refractivity contribution in [2.45, 2.75) is 4.90 Å². The maximum atomic E-state index is 13.7. The minimum Gasteiger partial charge on any atom is -0.345 e. The van der Waals surface area contributed by atoms with E-state index in [4.69, 9.17) is 0 Å². The molecule has 0 aliphatic rings. The maximum absolute atomic E-state index is 13.7. The van der Waals surface area contributed by atoms with Gasteiger partial charge in [-0.2, -0.15) is 5.10 Å². The van der Waals surface area contributed by atoms with Gasteiger partial charge < -0.3 is 9.88 Å². The van der Waals surface area contributed by atoms with Crippen molar-refractivity contribution < 1.29 is 13.2 Å². The number of pyridine rings is 2. The predicted molar refractivity (Wildman–Crippen MR) is 127 cm³/mol. The lowest BCUT2D eigenvalue weighted by molar-refractivity contribution is 0.0826. The van der Waals surface area contributed by atoms with E-state index in [1.54, 1.807) is 62.5 Å².